The Morgan fingerprint density at radius 1 is 1.48 bits per heavy atom. The van der Waals surface area contributed by atoms with Crippen molar-refractivity contribution in [1.29, 1.82) is 0 Å². The van der Waals surface area contributed by atoms with E-state index in [1.807, 2.05) is 24.3 Å². The fourth-order valence-electron chi connectivity index (χ4n) is 2.53. The van der Waals surface area contributed by atoms with Crippen LogP contribution >= 0.6 is 0 Å². The van der Waals surface area contributed by atoms with Crippen molar-refractivity contribution in [3.8, 4) is 5.75 Å². The number of carbonyl (C=O) groups is 1. The topological polar surface area (TPSA) is 66.2 Å². The molecule has 1 aromatic carbocycles. The van der Waals surface area contributed by atoms with E-state index in [9.17, 15) is 4.79 Å². The molecular formula is C15H17N3O3. The Morgan fingerprint density at radius 3 is 3.10 bits per heavy atom. The van der Waals surface area contributed by atoms with E-state index in [0.717, 1.165) is 23.6 Å². The molecule has 2 aromatic rings. The molecule has 1 aromatic heterocycles. The molecule has 3 rings (SSSR count). The number of rotatable bonds is 3. The second-order valence-corrected chi connectivity index (χ2v) is 4.96. The fraction of sp³-hybridized carbons (Fsp3) is 0.400. The highest BCUT2D eigenvalue weighted by atomic mass is 16.5. The number of hydrogen-bond acceptors (Lipinski definition) is 5. The molecule has 21 heavy (non-hydrogen) atoms. The number of fused-ring (bicyclic) bond motifs is 1. The van der Waals surface area contributed by atoms with E-state index < -0.39 is 5.97 Å². The van der Waals surface area contributed by atoms with Gasteiger partial charge in [0.15, 0.2) is 0 Å². The van der Waals surface area contributed by atoms with Crippen LogP contribution in [0.15, 0.2) is 24.3 Å². The molecule has 1 atom stereocenters. The zero-order valence-electron chi connectivity index (χ0n) is 12.1. The van der Waals surface area contributed by atoms with Gasteiger partial charge in [0.05, 0.1) is 19.1 Å². The van der Waals surface area contributed by atoms with E-state index in [2.05, 4.69) is 10.1 Å². The smallest absolute Gasteiger partial charge is 0.378 e. The van der Waals surface area contributed by atoms with E-state index >= 15 is 0 Å². The first-order valence-electron chi connectivity index (χ1n) is 6.97. The number of carbonyl (C=O) groups excluding carboxylic acids is 1. The molecule has 2 heterocycles. The summed E-state index contributed by atoms with van der Waals surface area (Å²) in [6, 6.07) is 7.96. The minimum atomic E-state index is -0.489. The largest absolute Gasteiger partial charge is 0.493 e. The summed E-state index contributed by atoms with van der Waals surface area (Å²) < 4.78 is 12.3. The van der Waals surface area contributed by atoms with Crippen molar-refractivity contribution in [2.75, 3.05) is 13.2 Å². The predicted octanol–water partition coefficient (Wildman–Crippen LogP) is 1.71. The Morgan fingerprint density at radius 2 is 2.29 bits per heavy atom. The lowest BCUT2D eigenvalue weighted by Crippen LogP contribution is -2.22. The average Bonchev–Trinajstić information content (AvgIpc) is 2.89. The standard InChI is InChI=1S/C15H17N3O3/c1-3-20-15(19)13-16-14(18(2)17-13)11-8-10-6-4-5-7-12(10)21-9-11/h4-7,11H,3,8-9H2,1-2H3. The highest BCUT2D eigenvalue weighted by molar-refractivity contribution is 5.85. The van der Waals surface area contributed by atoms with Gasteiger partial charge in [0.1, 0.15) is 11.6 Å². The predicted molar refractivity (Wildman–Crippen MR) is 75.3 cm³/mol. The van der Waals surface area contributed by atoms with Crippen molar-refractivity contribution in [2.45, 2.75) is 19.3 Å². The highest BCUT2D eigenvalue weighted by Crippen LogP contribution is 2.31. The minimum absolute atomic E-state index is 0.0839. The number of aryl methyl sites for hydroxylation is 1. The maximum absolute atomic E-state index is 11.7. The summed E-state index contributed by atoms with van der Waals surface area (Å²) >= 11 is 0. The summed E-state index contributed by atoms with van der Waals surface area (Å²) in [5, 5.41) is 4.14. The SMILES string of the molecule is CCOC(=O)c1nc(C2COc3ccccc3C2)n(C)n1. The van der Waals surface area contributed by atoms with Crippen molar-refractivity contribution in [1.82, 2.24) is 14.8 Å². The molecule has 6 heteroatoms. The van der Waals surface area contributed by atoms with Gasteiger partial charge < -0.3 is 9.47 Å². The van der Waals surface area contributed by atoms with Crippen LogP contribution in [-0.4, -0.2) is 33.9 Å². The maximum Gasteiger partial charge on any atom is 0.378 e. The quantitative estimate of drug-likeness (QED) is 0.804. The number of esters is 1. The number of nitrogens with zero attached hydrogens (tertiary/aromatic N) is 3. The van der Waals surface area contributed by atoms with Crippen LogP contribution in [0.4, 0.5) is 0 Å². The van der Waals surface area contributed by atoms with Crippen LogP contribution in [-0.2, 0) is 18.2 Å². The molecule has 0 amide bonds. The number of aromatic nitrogens is 3. The summed E-state index contributed by atoms with van der Waals surface area (Å²) in [6.07, 6.45) is 0.824. The van der Waals surface area contributed by atoms with Gasteiger partial charge >= 0.3 is 5.97 Å². The van der Waals surface area contributed by atoms with Crippen molar-refractivity contribution < 1.29 is 14.3 Å². The number of ether oxygens (including phenoxy) is 2. The first-order chi connectivity index (χ1) is 10.2. The van der Waals surface area contributed by atoms with Crippen molar-refractivity contribution in [3.05, 3.63) is 41.5 Å². The van der Waals surface area contributed by atoms with Gasteiger partial charge in [0, 0.05) is 7.05 Å². The van der Waals surface area contributed by atoms with E-state index in [0.29, 0.717) is 13.2 Å². The molecule has 0 spiro atoms. The Balaban J connectivity index is 1.84. The van der Waals surface area contributed by atoms with Crippen LogP contribution in [0.1, 0.15) is 34.8 Å². The van der Waals surface area contributed by atoms with Gasteiger partial charge in [-0.2, -0.15) is 0 Å². The molecule has 0 saturated carbocycles. The minimum Gasteiger partial charge on any atom is -0.493 e. The zero-order valence-corrected chi connectivity index (χ0v) is 12.1. The molecule has 0 radical (unpaired) electrons. The lowest BCUT2D eigenvalue weighted by atomic mass is 9.96. The van der Waals surface area contributed by atoms with Crippen molar-refractivity contribution in [2.24, 2.45) is 7.05 Å². The summed E-state index contributed by atoms with van der Waals surface area (Å²) in [5.74, 6) is 1.36. The molecule has 110 valence electrons. The van der Waals surface area contributed by atoms with E-state index in [4.69, 9.17) is 9.47 Å². The third kappa shape index (κ3) is 2.61. The van der Waals surface area contributed by atoms with Crippen molar-refractivity contribution >= 4 is 5.97 Å². The van der Waals surface area contributed by atoms with Gasteiger partial charge in [-0.15, -0.1) is 5.10 Å². The van der Waals surface area contributed by atoms with E-state index in [1.165, 1.54) is 0 Å². The summed E-state index contributed by atoms with van der Waals surface area (Å²) in [7, 11) is 1.78. The Hall–Kier alpha value is -2.37. The van der Waals surface area contributed by atoms with Gasteiger partial charge in [-0.3, -0.25) is 4.68 Å². The summed E-state index contributed by atoms with van der Waals surface area (Å²) in [6.45, 7) is 2.60. The Labute approximate surface area is 122 Å². The molecule has 0 saturated heterocycles. The maximum atomic E-state index is 11.7. The summed E-state index contributed by atoms with van der Waals surface area (Å²) in [5.41, 5.74) is 1.15. The van der Waals surface area contributed by atoms with Gasteiger partial charge in [-0.1, -0.05) is 18.2 Å². The molecule has 0 fully saturated rings. The lowest BCUT2D eigenvalue weighted by Gasteiger charge is -2.24. The normalized spacial score (nSPS) is 17.0. The molecule has 0 N–H and O–H groups in total. The number of para-hydroxylation sites is 1. The van der Waals surface area contributed by atoms with Gasteiger partial charge in [0.2, 0.25) is 0 Å². The van der Waals surface area contributed by atoms with Crippen LogP contribution in [0.25, 0.3) is 0 Å². The first-order valence-corrected chi connectivity index (χ1v) is 6.97. The van der Waals surface area contributed by atoms with Crippen LogP contribution < -0.4 is 4.74 Å². The molecule has 0 aliphatic carbocycles. The van der Waals surface area contributed by atoms with Gasteiger partial charge in [0.25, 0.3) is 5.82 Å². The molecular weight excluding hydrogens is 270 g/mol. The van der Waals surface area contributed by atoms with Crippen molar-refractivity contribution in [3.63, 3.8) is 0 Å². The monoisotopic (exact) mass is 287 g/mol. The third-order valence-electron chi connectivity index (χ3n) is 3.50. The third-order valence-corrected chi connectivity index (χ3v) is 3.50. The van der Waals surface area contributed by atoms with Crippen LogP contribution in [0.5, 0.6) is 5.75 Å². The highest BCUT2D eigenvalue weighted by Gasteiger charge is 2.27. The average molecular weight is 287 g/mol. The molecule has 6 nitrogen and oxygen atoms in total. The molecule has 1 unspecified atom stereocenters. The Bertz CT molecular complexity index is 666. The second kappa shape index (κ2) is 5.55. The first kappa shape index (κ1) is 13.6. The molecule has 1 aliphatic heterocycles. The van der Waals surface area contributed by atoms with Gasteiger partial charge in [-0.05, 0) is 25.0 Å². The summed E-state index contributed by atoms with van der Waals surface area (Å²) in [4.78, 5) is 16.0. The van der Waals surface area contributed by atoms with Gasteiger partial charge in [-0.25, -0.2) is 9.78 Å². The van der Waals surface area contributed by atoms with Crippen LogP contribution in [0.3, 0.4) is 0 Å². The van der Waals surface area contributed by atoms with E-state index in [1.54, 1.807) is 18.7 Å². The molecule has 0 bridgehead atoms. The van der Waals surface area contributed by atoms with Crippen LogP contribution in [0, 0.1) is 0 Å². The fourth-order valence-corrected chi connectivity index (χ4v) is 2.53. The molecule has 1 aliphatic rings. The number of benzene rings is 1. The van der Waals surface area contributed by atoms with Crippen LogP contribution in [0.2, 0.25) is 0 Å². The zero-order chi connectivity index (χ0) is 14.8. The number of hydrogen-bond donors (Lipinski definition) is 0. The van der Waals surface area contributed by atoms with E-state index in [-0.39, 0.29) is 11.7 Å². The lowest BCUT2D eigenvalue weighted by molar-refractivity contribution is 0.0511. The second-order valence-electron chi connectivity index (χ2n) is 4.96. The Kier molecular flexibility index (Phi) is 3.60.